The molecule has 9 heteroatoms. The van der Waals surface area contributed by atoms with E-state index in [0.29, 0.717) is 11.8 Å². The van der Waals surface area contributed by atoms with Crippen LogP contribution in [0, 0.1) is 6.92 Å². The first-order valence-electron chi connectivity index (χ1n) is 11.4. The topological polar surface area (TPSA) is 81.4 Å². The summed E-state index contributed by atoms with van der Waals surface area (Å²) in [5.74, 6) is 1.55. The molecule has 178 valence electrons. The molecule has 1 fully saturated rings. The third-order valence-electron chi connectivity index (χ3n) is 5.83. The van der Waals surface area contributed by atoms with Crippen LogP contribution in [0.25, 0.3) is 11.4 Å². The SMILES string of the molecule is COc1ccc(Br)cc1/C=N/NC(=O)CSc1nnc(-c2ccc(C)cc2)n1C1CCCCC1. The van der Waals surface area contributed by atoms with Crippen molar-refractivity contribution in [3.8, 4) is 17.1 Å². The number of rotatable bonds is 8. The molecular weight excluding hydrogens is 514 g/mol. The van der Waals surface area contributed by atoms with E-state index < -0.39 is 0 Å². The van der Waals surface area contributed by atoms with Gasteiger partial charge in [-0.1, -0.05) is 76.8 Å². The zero-order chi connectivity index (χ0) is 23.9. The maximum absolute atomic E-state index is 12.5. The van der Waals surface area contributed by atoms with Crippen molar-refractivity contribution in [1.29, 1.82) is 0 Å². The molecule has 1 amide bonds. The fourth-order valence-electron chi connectivity index (χ4n) is 4.09. The van der Waals surface area contributed by atoms with Gasteiger partial charge in [-0.3, -0.25) is 9.36 Å². The van der Waals surface area contributed by atoms with Gasteiger partial charge in [-0.15, -0.1) is 10.2 Å². The molecule has 4 rings (SSSR count). The Kier molecular flexibility index (Phi) is 8.39. The summed E-state index contributed by atoms with van der Waals surface area (Å²) in [5.41, 5.74) is 5.62. The molecule has 3 aromatic rings. The lowest BCUT2D eigenvalue weighted by Gasteiger charge is -2.25. The number of ether oxygens (including phenoxy) is 1. The monoisotopic (exact) mass is 541 g/mol. The molecule has 1 N–H and O–H groups in total. The highest BCUT2D eigenvalue weighted by molar-refractivity contribution is 9.10. The molecule has 2 aromatic carbocycles. The van der Waals surface area contributed by atoms with Crippen LogP contribution in [0.2, 0.25) is 0 Å². The van der Waals surface area contributed by atoms with Crippen molar-refractivity contribution >= 4 is 39.8 Å². The van der Waals surface area contributed by atoms with Crippen LogP contribution in [0.4, 0.5) is 0 Å². The number of aromatic nitrogens is 3. The zero-order valence-electron chi connectivity index (χ0n) is 19.3. The van der Waals surface area contributed by atoms with Gasteiger partial charge in [-0.2, -0.15) is 5.10 Å². The lowest BCUT2D eigenvalue weighted by atomic mass is 9.95. The summed E-state index contributed by atoms with van der Waals surface area (Å²) < 4.78 is 8.47. The summed E-state index contributed by atoms with van der Waals surface area (Å²) in [6.07, 6.45) is 7.46. The second-order valence-corrected chi connectivity index (χ2v) is 10.2. The molecule has 7 nitrogen and oxygen atoms in total. The highest BCUT2D eigenvalue weighted by Gasteiger charge is 2.24. The van der Waals surface area contributed by atoms with E-state index >= 15 is 0 Å². The predicted octanol–water partition coefficient (Wildman–Crippen LogP) is 5.77. The van der Waals surface area contributed by atoms with E-state index in [1.807, 2.05) is 18.2 Å². The Hall–Kier alpha value is -2.65. The van der Waals surface area contributed by atoms with Gasteiger partial charge in [-0.25, -0.2) is 5.43 Å². The highest BCUT2D eigenvalue weighted by atomic mass is 79.9. The second kappa shape index (κ2) is 11.7. The van der Waals surface area contributed by atoms with Crippen LogP contribution >= 0.6 is 27.7 Å². The first kappa shape index (κ1) is 24.5. The molecule has 0 radical (unpaired) electrons. The molecule has 0 saturated heterocycles. The molecule has 1 aliphatic carbocycles. The smallest absolute Gasteiger partial charge is 0.250 e. The molecule has 1 aromatic heterocycles. The van der Waals surface area contributed by atoms with Crippen LogP contribution in [-0.2, 0) is 4.79 Å². The molecule has 0 unspecified atom stereocenters. The Balaban J connectivity index is 1.45. The minimum Gasteiger partial charge on any atom is -0.496 e. The second-order valence-electron chi connectivity index (χ2n) is 8.30. The predicted molar refractivity (Wildman–Crippen MR) is 139 cm³/mol. The van der Waals surface area contributed by atoms with Crippen LogP contribution in [0.5, 0.6) is 5.75 Å². The summed E-state index contributed by atoms with van der Waals surface area (Å²) in [6.45, 7) is 2.07. The van der Waals surface area contributed by atoms with Gasteiger partial charge in [0.05, 0.1) is 19.1 Å². The summed E-state index contributed by atoms with van der Waals surface area (Å²) in [6, 6.07) is 14.3. The van der Waals surface area contributed by atoms with Crippen LogP contribution in [0.15, 0.2) is 57.2 Å². The van der Waals surface area contributed by atoms with Crippen LogP contribution in [0.1, 0.15) is 49.3 Å². The quantitative estimate of drug-likeness (QED) is 0.222. The Morgan fingerprint density at radius 2 is 1.97 bits per heavy atom. The maximum Gasteiger partial charge on any atom is 0.250 e. The molecule has 1 heterocycles. The third kappa shape index (κ3) is 6.07. The van der Waals surface area contributed by atoms with Crippen LogP contribution in [0.3, 0.4) is 0 Å². The first-order valence-corrected chi connectivity index (χ1v) is 13.1. The van der Waals surface area contributed by atoms with Crippen LogP contribution in [-0.4, -0.2) is 39.7 Å². The number of hydrogen-bond acceptors (Lipinski definition) is 6. The highest BCUT2D eigenvalue weighted by Crippen LogP contribution is 2.35. The standard InChI is InChI=1S/C25H28BrN5O2S/c1-17-8-10-18(11-9-17)24-29-30-25(31(24)21-6-4-3-5-7-21)34-16-23(32)28-27-15-19-14-20(26)12-13-22(19)33-2/h8-15,21H,3-7,16H2,1-2H3,(H,28,32)/b27-15+. The number of amides is 1. The van der Waals surface area contributed by atoms with Gasteiger partial charge < -0.3 is 4.74 Å². The molecule has 0 atom stereocenters. The third-order valence-corrected chi connectivity index (χ3v) is 7.27. The van der Waals surface area contributed by atoms with Gasteiger partial charge in [0.1, 0.15) is 5.75 Å². The number of methoxy groups -OCH3 is 1. The largest absolute Gasteiger partial charge is 0.496 e. The van der Waals surface area contributed by atoms with E-state index in [-0.39, 0.29) is 11.7 Å². The van der Waals surface area contributed by atoms with Crippen molar-refractivity contribution < 1.29 is 9.53 Å². The van der Waals surface area contributed by atoms with Gasteiger partial charge in [0.2, 0.25) is 0 Å². The van der Waals surface area contributed by atoms with E-state index in [4.69, 9.17) is 4.74 Å². The van der Waals surface area contributed by atoms with Gasteiger partial charge in [0, 0.05) is 21.6 Å². The minimum absolute atomic E-state index is 0.200. The Labute approximate surface area is 212 Å². The first-order chi connectivity index (χ1) is 16.5. The fourth-order valence-corrected chi connectivity index (χ4v) is 5.26. The number of carbonyl (C=O) groups excluding carboxylic acids is 1. The van der Waals surface area contributed by atoms with Gasteiger partial charge >= 0.3 is 0 Å². The van der Waals surface area contributed by atoms with Crippen molar-refractivity contribution in [2.75, 3.05) is 12.9 Å². The summed E-state index contributed by atoms with van der Waals surface area (Å²) in [7, 11) is 1.60. The van der Waals surface area contributed by atoms with Gasteiger partial charge in [0.15, 0.2) is 11.0 Å². The molecule has 0 spiro atoms. The molecule has 0 aliphatic heterocycles. The molecule has 0 bridgehead atoms. The van der Waals surface area contributed by atoms with Crippen molar-refractivity contribution in [1.82, 2.24) is 20.2 Å². The van der Waals surface area contributed by atoms with Crippen molar-refractivity contribution in [3.63, 3.8) is 0 Å². The van der Waals surface area contributed by atoms with E-state index in [1.54, 1.807) is 13.3 Å². The number of hydrogen-bond donors (Lipinski definition) is 1. The number of hydrazone groups is 1. The fraction of sp³-hybridized carbons (Fsp3) is 0.360. The lowest BCUT2D eigenvalue weighted by molar-refractivity contribution is -0.118. The van der Waals surface area contributed by atoms with Crippen molar-refractivity contribution in [2.24, 2.45) is 5.10 Å². The number of halogens is 1. The Bertz CT molecular complexity index is 1160. The van der Waals surface area contributed by atoms with Crippen molar-refractivity contribution in [2.45, 2.75) is 50.2 Å². The van der Waals surface area contributed by atoms with E-state index in [2.05, 4.69) is 72.4 Å². The number of nitrogens with one attached hydrogen (secondary N) is 1. The Morgan fingerprint density at radius 1 is 1.21 bits per heavy atom. The molecular formula is C25H28BrN5O2S. The number of thioether (sulfide) groups is 1. The van der Waals surface area contributed by atoms with E-state index in [0.717, 1.165) is 39.4 Å². The molecule has 34 heavy (non-hydrogen) atoms. The Morgan fingerprint density at radius 3 is 2.71 bits per heavy atom. The average molecular weight is 543 g/mol. The average Bonchev–Trinajstić information content (AvgIpc) is 3.28. The number of aryl methyl sites for hydroxylation is 1. The zero-order valence-corrected chi connectivity index (χ0v) is 21.7. The number of benzene rings is 2. The van der Waals surface area contributed by atoms with E-state index in [1.165, 1.54) is 36.6 Å². The van der Waals surface area contributed by atoms with Gasteiger partial charge in [-0.05, 0) is 38.0 Å². The lowest BCUT2D eigenvalue weighted by Crippen LogP contribution is -2.20. The summed E-state index contributed by atoms with van der Waals surface area (Å²) in [4.78, 5) is 12.5. The minimum atomic E-state index is -0.203. The molecule has 1 saturated carbocycles. The summed E-state index contributed by atoms with van der Waals surface area (Å²) >= 11 is 4.83. The summed E-state index contributed by atoms with van der Waals surface area (Å²) in [5, 5.41) is 13.8. The normalized spacial score (nSPS) is 14.4. The molecule has 1 aliphatic rings. The van der Waals surface area contributed by atoms with E-state index in [9.17, 15) is 4.79 Å². The number of carbonyl (C=O) groups is 1. The van der Waals surface area contributed by atoms with Crippen LogP contribution < -0.4 is 10.2 Å². The number of nitrogens with zero attached hydrogens (tertiary/aromatic N) is 4. The van der Waals surface area contributed by atoms with Gasteiger partial charge in [0.25, 0.3) is 5.91 Å². The maximum atomic E-state index is 12.5. The van der Waals surface area contributed by atoms with Crippen molar-refractivity contribution in [3.05, 3.63) is 58.1 Å².